The SMILES string of the molecule is CCOC(=O)CCCC1(C(=O)OCC)CCN(C(=O)OC(C)(C)C)C1. The van der Waals surface area contributed by atoms with Crippen LogP contribution in [-0.4, -0.2) is 54.8 Å². The smallest absolute Gasteiger partial charge is 0.410 e. The Morgan fingerprint density at radius 3 is 2.28 bits per heavy atom. The van der Waals surface area contributed by atoms with Crippen LogP contribution in [0.15, 0.2) is 0 Å². The van der Waals surface area contributed by atoms with Crippen LogP contribution >= 0.6 is 0 Å². The summed E-state index contributed by atoms with van der Waals surface area (Å²) in [6.45, 7) is 10.2. The van der Waals surface area contributed by atoms with Gasteiger partial charge < -0.3 is 19.1 Å². The fourth-order valence-electron chi connectivity index (χ4n) is 2.92. The summed E-state index contributed by atoms with van der Waals surface area (Å²) in [5.41, 5.74) is -1.37. The summed E-state index contributed by atoms with van der Waals surface area (Å²) >= 11 is 0. The van der Waals surface area contributed by atoms with E-state index in [1.54, 1.807) is 39.5 Å². The molecule has 1 fully saturated rings. The van der Waals surface area contributed by atoms with Crippen molar-refractivity contribution in [1.29, 1.82) is 0 Å². The van der Waals surface area contributed by atoms with Crippen LogP contribution in [-0.2, 0) is 23.8 Å². The molecule has 0 N–H and O–H groups in total. The van der Waals surface area contributed by atoms with Crippen LogP contribution in [0.25, 0.3) is 0 Å². The van der Waals surface area contributed by atoms with E-state index in [4.69, 9.17) is 14.2 Å². The van der Waals surface area contributed by atoms with Gasteiger partial charge in [-0.05, 0) is 53.9 Å². The topological polar surface area (TPSA) is 82.1 Å². The third kappa shape index (κ3) is 6.55. The van der Waals surface area contributed by atoms with Gasteiger partial charge in [0.25, 0.3) is 0 Å². The number of likely N-dealkylation sites (tertiary alicyclic amines) is 1. The Morgan fingerprint density at radius 1 is 1.08 bits per heavy atom. The van der Waals surface area contributed by atoms with Crippen LogP contribution in [0.3, 0.4) is 0 Å². The van der Waals surface area contributed by atoms with Gasteiger partial charge in [-0.25, -0.2) is 4.79 Å². The summed E-state index contributed by atoms with van der Waals surface area (Å²) in [6.07, 6.45) is 1.32. The van der Waals surface area contributed by atoms with Gasteiger partial charge in [-0.1, -0.05) is 0 Å². The van der Waals surface area contributed by atoms with Crippen molar-refractivity contribution in [3.63, 3.8) is 0 Å². The van der Waals surface area contributed by atoms with Crippen molar-refractivity contribution in [3.8, 4) is 0 Å². The molecule has 0 aliphatic carbocycles. The van der Waals surface area contributed by atoms with Gasteiger partial charge in [0.2, 0.25) is 0 Å². The fourth-order valence-corrected chi connectivity index (χ4v) is 2.92. The van der Waals surface area contributed by atoms with Gasteiger partial charge in [0.15, 0.2) is 0 Å². The molecule has 1 unspecified atom stereocenters. The van der Waals surface area contributed by atoms with Crippen molar-refractivity contribution in [1.82, 2.24) is 4.90 Å². The average molecular weight is 357 g/mol. The van der Waals surface area contributed by atoms with E-state index in [0.717, 1.165) is 0 Å². The minimum Gasteiger partial charge on any atom is -0.466 e. The first kappa shape index (κ1) is 21.3. The predicted octanol–water partition coefficient (Wildman–Crippen LogP) is 2.91. The quantitative estimate of drug-likeness (QED) is 0.515. The lowest BCUT2D eigenvalue weighted by molar-refractivity contribution is -0.155. The van der Waals surface area contributed by atoms with Gasteiger partial charge in [-0.3, -0.25) is 9.59 Å². The molecule has 144 valence electrons. The normalized spacial score (nSPS) is 20.3. The number of carbonyl (C=O) groups is 3. The molecular weight excluding hydrogens is 326 g/mol. The van der Waals surface area contributed by atoms with Crippen LogP contribution in [0.5, 0.6) is 0 Å². The van der Waals surface area contributed by atoms with Crippen LogP contribution in [0, 0.1) is 5.41 Å². The zero-order valence-electron chi connectivity index (χ0n) is 16.1. The highest BCUT2D eigenvalue weighted by atomic mass is 16.6. The maximum Gasteiger partial charge on any atom is 0.410 e. The summed E-state index contributed by atoms with van der Waals surface area (Å²) < 4.78 is 15.5. The van der Waals surface area contributed by atoms with Crippen LogP contribution < -0.4 is 0 Å². The number of hydrogen-bond donors (Lipinski definition) is 0. The molecule has 0 aromatic carbocycles. The molecular formula is C18H31NO6. The first-order valence-electron chi connectivity index (χ1n) is 8.94. The van der Waals surface area contributed by atoms with Crippen molar-refractivity contribution in [2.24, 2.45) is 5.41 Å². The molecule has 7 heteroatoms. The zero-order valence-corrected chi connectivity index (χ0v) is 16.1. The van der Waals surface area contributed by atoms with Gasteiger partial charge >= 0.3 is 18.0 Å². The molecule has 1 heterocycles. The van der Waals surface area contributed by atoms with Crippen molar-refractivity contribution in [2.75, 3.05) is 26.3 Å². The standard InChI is InChI=1S/C18H31NO6/c1-6-23-14(20)9-8-10-18(15(21)24-7-2)11-12-19(13-18)16(22)25-17(3,4)5/h6-13H2,1-5H3. The number of amides is 1. The monoisotopic (exact) mass is 357 g/mol. The summed E-state index contributed by atoms with van der Waals surface area (Å²) in [5.74, 6) is -0.589. The Labute approximate surface area is 150 Å². The van der Waals surface area contributed by atoms with Gasteiger partial charge in [0, 0.05) is 19.5 Å². The summed E-state index contributed by atoms with van der Waals surface area (Å²) in [5, 5.41) is 0. The molecule has 1 amide bonds. The lowest BCUT2D eigenvalue weighted by Crippen LogP contribution is -2.40. The number of carbonyl (C=O) groups excluding carboxylic acids is 3. The second kappa shape index (κ2) is 9.06. The van der Waals surface area contributed by atoms with Gasteiger partial charge in [0.1, 0.15) is 5.60 Å². The molecule has 1 atom stereocenters. The molecule has 0 aromatic rings. The second-order valence-corrected chi connectivity index (χ2v) is 7.31. The lowest BCUT2D eigenvalue weighted by atomic mass is 9.82. The molecule has 1 aliphatic rings. The van der Waals surface area contributed by atoms with Crippen molar-refractivity contribution in [3.05, 3.63) is 0 Å². The number of rotatable bonds is 7. The van der Waals surface area contributed by atoms with Crippen LogP contribution in [0.4, 0.5) is 4.79 Å². The van der Waals surface area contributed by atoms with Gasteiger partial charge in [-0.2, -0.15) is 0 Å². The Kier molecular flexibility index (Phi) is 7.70. The largest absolute Gasteiger partial charge is 0.466 e. The van der Waals surface area contributed by atoms with Crippen molar-refractivity contribution >= 4 is 18.0 Å². The highest BCUT2D eigenvalue weighted by Gasteiger charge is 2.47. The molecule has 1 rings (SSSR count). The molecule has 0 aromatic heterocycles. The third-order valence-corrected chi connectivity index (χ3v) is 4.06. The summed E-state index contributed by atoms with van der Waals surface area (Å²) in [7, 11) is 0. The zero-order chi connectivity index (χ0) is 19.1. The lowest BCUT2D eigenvalue weighted by Gasteiger charge is -2.28. The number of ether oxygens (including phenoxy) is 3. The summed E-state index contributed by atoms with van der Waals surface area (Å²) in [4.78, 5) is 37.9. The van der Waals surface area contributed by atoms with E-state index in [0.29, 0.717) is 32.4 Å². The predicted molar refractivity (Wildman–Crippen MR) is 92.0 cm³/mol. The van der Waals surface area contributed by atoms with Crippen LogP contribution in [0.2, 0.25) is 0 Å². The Balaban J connectivity index is 2.73. The first-order valence-corrected chi connectivity index (χ1v) is 8.94. The van der Waals surface area contributed by atoms with E-state index in [-0.39, 0.29) is 31.5 Å². The highest BCUT2D eigenvalue weighted by molar-refractivity contribution is 5.79. The van der Waals surface area contributed by atoms with Crippen molar-refractivity contribution in [2.45, 2.75) is 65.9 Å². The molecule has 1 aliphatic heterocycles. The van der Waals surface area contributed by atoms with E-state index >= 15 is 0 Å². The molecule has 0 spiro atoms. The van der Waals surface area contributed by atoms with Crippen molar-refractivity contribution < 1.29 is 28.6 Å². The molecule has 7 nitrogen and oxygen atoms in total. The third-order valence-electron chi connectivity index (χ3n) is 4.06. The second-order valence-electron chi connectivity index (χ2n) is 7.31. The van der Waals surface area contributed by atoms with E-state index < -0.39 is 17.1 Å². The minimum atomic E-state index is -0.778. The van der Waals surface area contributed by atoms with E-state index in [1.807, 2.05) is 0 Å². The summed E-state index contributed by atoms with van der Waals surface area (Å²) in [6, 6.07) is 0. The number of nitrogens with zero attached hydrogens (tertiary/aromatic N) is 1. The Hall–Kier alpha value is -1.79. The maximum atomic E-state index is 12.5. The van der Waals surface area contributed by atoms with E-state index in [2.05, 4.69) is 0 Å². The molecule has 0 bridgehead atoms. The molecule has 0 radical (unpaired) electrons. The Bertz CT molecular complexity index is 484. The molecule has 0 saturated carbocycles. The Morgan fingerprint density at radius 2 is 1.72 bits per heavy atom. The van der Waals surface area contributed by atoms with E-state index in [9.17, 15) is 14.4 Å². The van der Waals surface area contributed by atoms with Gasteiger partial charge in [0.05, 0.1) is 18.6 Å². The molecule has 1 saturated heterocycles. The van der Waals surface area contributed by atoms with Gasteiger partial charge in [-0.15, -0.1) is 0 Å². The number of hydrogen-bond acceptors (Lipinski definition) is 6. The minimum absolute atomic E-state index is 0.251. The fraction of sp³-hybridized carbons (Fsp3) is 0.833. The van der Waals surface area contributed by atoms with Crippen LogP contribution in [0.1, 0.15) is 60.3 Å². The first-order chi connectivity index (χ1) is 11.6. The highest BCUT2D eigenvalue weighted by Crippen LogP contribution is 2.37. The number of esters is 2. The average Bonchev–Trinajstić information content (AvgIpc) is 2.92. The maximum absolute atomic E-state index is 12.5. The molecule has 25 heavy (non-hydrogen) atoms. The van der Waals surface area contributed by atoms with E-state index in [1.165, 1.54) is 0 Å².